The summed E-state index contributed by atoms with van der Waals surface area (Å²) in [5.74, 6) is 0.677. The lowest BCUT2D eigenvalue weighted by atomic mass is 10.1. The van der Waals surface area contributed by atoms with Crippen molar-refractivity contribution in [3.05, 3.63) is 28.2 Å². The Bertz CT molecular complexity index is 436. The van der Waals surface area contributed by atoms with Gasteiger partial charge in [-0.15, -0.1) is 0 Å². The fourth-order valence-electron chi connectivity index (χ4n) is 2.53. The number of nitrogens with zero attached hydrogens (tertiary/aromatic N) is 1. The van der Waals surface area contributed by atoms with E-state index in [-0.39, 0.29) is 0 Å². The van der Waals surface area contributed by atoms with Crippen LogP contribution in [0, 0.1) is 5.92 Å². The van der Waals surface area contributed by atoms with Gasteiger partial charge in [-0.25, -0.2) is 0 Å². The summed E-state index contributed by atoms with van der Waals surface area (Å²) in [5.41, 5.74) is 2.69. The normalized spacial score (nSPS) is 19.6. The molecule has 20 heavy (non-hydrogen) atoms. The lowest BCUT2D eigenvalue weighted by Gasteiger charge is -2.36. The van der Waals surface area contributed by atoms with Crippen LogP contribution in [0.1, 0.15) is 26.3 Å². The number of benzene rings is 1. The summed E-state index contributed by atoms with van der Waals surface area (Å²) in [6.07, 6.45) is 0. The maximum absolute atomic E-state index is 5.55. The van der Waals surface area contributed by atoms with Gasteiger partial charge >= 0.3 is 0 Å². The summed E-state index contributed by atoms with van der Waals surface area (Å²) in [7, 11) is 0. The van der Waals surface area contributed by atoms with Gasteiger partial charge in [0.2, 0.25) is 0 Å². The minimum atomic E-state index is 0.432. The lowest BCUT2D eigenvalue weighted by Crippen LogP contribution is -2.44. The predicted molar refractivity (Wildman–Crippen MR) is 88.3 cm³/mol. The van der Waals surface area contributed by atoms with Gasteiger partial charge in [-0.2, -0.15) is 0 Å². The average molecular weight is 341 g/mol. The van der Waals surface area contributed by atoms with Gasteiger partial charge in [-0.3, -0.25) is 0 Å². The highest BCUT2D eigenvalue weighted by molar-refractivity contribution is 9.10. The van der Waals surface area contributed by atoms with Gasteiger partial charge in [0.15, 0.2) is 0 Å². The van der Waals surface area contributed by atoms with Gasteiger partial charge in [-0.1, -0.05) is 35.8 Å². The number of hydrogen-bond donors (Lipinski definition) is 1. The SMILES string of the molecule is CC(C)CNCc1ccc(Br)cc1N1CCOCC1C. The monoisotopic (exact) mass is 340 g/mol. The highest BCUT2D eigenvalue weighted by Gasteiger charge is 2.21. The molecule has 1 heterocycles. The molecule has 3 nitrogen and oxygen atoms in total. The second-order valence-electron chi connectivity index (χ2n) is 5.92. The van der Waals surface area contributed by atoms with E-state index in [1.165, 1.54) is 11.3 Å². The zero-order valence-electron chi connectivity index (χ0n) is 12.7. The van der Waals surface area contributed by atoms with Crippen LogP contribution in [0.25, 0.3) is 0 Å². The van der Waals surface area contributed by atoms with E-state index in [2.05, 4.69) is 65.1 Å². The van der Waals surface area contributed by atoms with E-state index in [9.17, 15) is 0 Å². The molecule has 1 aliphatic rings. The first-order valence-corrected chi connectivity index (χ1v) is 8.20. The summed E-state index contributed by atoms with van der Waals surface area (Å²) >= 11 is 3.60. The Labute approximate surface area is 130 Å². The number of rotatable bonds is 5. The summed E-state index contributed by atoms with van der Waals surface area (Å²) in [5, 5.41) is 3.54. The highest BCUT2D eigenvalue weighted by atomic mass is 79.9. The molecule has 1 N–H and O–H groups in total. The molecular formula is C16H25BrN2O. The molecule has 0 aliphatic carbocycles. The number of ether oxygens (including phenoxy) is 1. The van der Waals surface area contributed by atoms with E-state index in [4.69, 9.17) is 4.74 Å². The Morgan fingerprint density at radius 2 is 2.25 bits per heavy atom. The Morgan fingerprint density at radius 3 is 2.95 bits per heavy atom. The van der Waals surface area contributed by atoms with Gasteiger partial charge in [0.25, 0.3) is 0 Å². The molecule has 1 aliphatic heterocycles. The van der Waals surface area contributed by atoms with Crippen molar-refractivity contribution >= 4 is 21.6 Å². The van der Waals surface area contributed by atoms with Crippen LogP contribution in [0.3, 0.4) is 0 Å². The third-order valence-electron chi connectivity index (χ3n) is 3.59. The third kappa shape index (κ3) is 4.21. The zero-order chi connectivity index (χ0) is 14.5. The van der Waals surface area contributed by atoms with Crippen LogP contribution < -0.4 is 10.2 Å². The topological polar surface area (TPSA) is 24.5 Å². The Balaban J connectivity index is 2.14. The number of hydrogen-bond acceptors (Lipinski definition) is 3. The maximum Gasteiger partial charge on any atom is 0.0668 e. The summed E-state index contributed by atoms with van der Waals surface area (Å²) < 4.78 is 6.68. The van der Waals surface area contributed by atoms with Gasteiger partial charge in [0.05, 0.1) is 13.2 Å². The minimum Gasteiger partial charge on any atom is -0.377 e. The Morgan fingerprint density at radius 1 is 1.45 bits per heavy atom. The molecule has 1 saturated heterocycles. The predicted octanol–water partition coefficient (Wildman–Crippen LogP) is 3.42. The van der Waals surface area contributed by atoms with Crippen molar-refractivity contribution in [2.75, 3.05) is 31.2 Å². The quantitative estimate of drug-likeness (QED) is 0.888. The highest BCUT2D eigenvalue weighted by Crippen LogP contribution is 2.28. The van der Waals surface area contributed by atoms with Crippen molar-refractivity contribution in [1.82, 2.24) is 5.32 Å². The first kappa shape index (κ1) is 15.8. The molecule has 0 radical (unpaired) electrons. The summed E-state index contributed by atoms with van der Waals surface area (Å²) in [6, 6.07) is 7.01. The van der Waals surface area contributed by atoms with Gasteiger partial charge in [-0.05, 0) is 37.1 Å². The number of nitrogens with one attached hydrogen (secondary N) is 1. The van der Waals surface area contributed by atoms with Crippen LogP contribution in [-0.4, -0.2) is 32.3 Å². The van der Waals surface area contributed by atoms with Crippen molar-refractivity contribution in [2.24, 2.45) is 5.92 Å². The standard InChI is InChI=1S/C16H25BrN2O/c1-12(2)9-18-10-14-4-5-15(17)8-16(14)19-6-7-20-11-13(19)3/h4-5,8,12-13,18H,6-7,9-11H2,1-3H3. The molecule has 1 atom stereocenters. The van der Waals surface area contributed by atoms with Crippen LogP contribution >= 0.6 is 15.9 Å². The molecular weight excluding hydrogens is 316 g/mol. The van der Waals surface area contributed by atoms with Crippen LogP contribution in [-0.2, 0) is 11.3 Å². The fraction of sp³-hybridized carbons (Fsp3) is 0.625. The molecule has 1 aromatic rings. The number of halogens is 1. The molecule has 4 heteroatoms. The molecule has 0 bridgehead atoms. The Hall–Kier alpha value is -0.580. The first-order valence-electron chi connectivity index (χ1n) is 7.41. The molecule has 0 amide bonds. The lowest BCUT2D eigenvalue weighted by molar-refractivity contribution is 0.0988. The van der Waals surface area contributed by atoms with Crippen LogP contribution in [0.4, 0.5) is 5.69 Å². The smallest absolute Gasteiger partial charge is 0.0668 e. The molecule has 2 rings (SSSR count). The first-order chi connectivity index (χ1) is 9.58. The molecule has 1 unspecified atom stereocenters. The number of morpholine rings is 1. The summed E-state index contributed by atoms with van der Waals surface area (Å²) in [4.78, 5) is 2.46. The molecule has 0 saturated carbocycles. The molecule has 1 fully saturated rings. The molecule has 0 aromatic heterocycles. The largest absolute Gasteiger partial charge is 0.377 e. The second-order valence-corrected chi connectivity index (χ2v) is 6.83. The van der Waals surface area contributed by atoms with Crippen molar-refractivity contribution in [2.45, 2.75) is 33.4 Å². The fourth-order valence-corrected chi connectivity index (χ4v) is 2.88. The third-order valence-corrected chi connectivity index (χ3v) is 4.09. The van der Waals surface area contributed by atoms with E-state index in [0.29, 0.717) is 12.0 Å². The van der Waals surface area contributed by atoms with Crippen molar-refractivity contribution in [3.8, 4) is 0 Å². The molecule has 1 aromatic carbocycles. The van der Waals surface area contributed by atoms with Gasteiger partial charge < -0.3 is 15.0 Å². The number of anilines is 1. The average Bonchev–Trinajstić information content (AvgIpc) is 2.41. The zero-order valence-corrected chi connectivity index (χ0v) is 14.2. The van der Waals surface area contributed by atoms with Crippen LogP contribution in [0.15, 0.2) is 22.7 Å². The van der Waals surface area contributed by atoms with E-state index in [0.717, 1.165) is 37.3 Å². The van der Waals surface area contributed by atoms with Crippen molar-refractivity contribution in [3.63, 3.8) is 0 Å². The van der Waals surface area contributed by atoms with Crippen molar-refractivity contribution < 1.29 is 4.74 Å². The van der Waals surface area contributed by atoms with Gasteiger partial charge in [0.1, 0.15) is 0 Å². The second kappa shape index (κ2) is 7.43. The van der Waals surface area contributed by atoms with Crippen LogP contribution in [0.2, 0.25) is 0 Å². The van der Waals surface area contributed by atoms with E-state index in [1.807, 2.05) is 0 Å². The van der Waals surface area contributed by atoms with E-state index >= 15 is 0 Å². The molecule has 112 valence electrons. The summed E-state index contributed by atoms with van der Waals surface area (Å²) in [6.45, 7) is 11.3. The van der Waals surface area contributed by atoms with Crippen LogP contribution in [0.5, 0.6) is 0 Å². The van der Waals surface area contributed by atoms with E-state index < -0.39 is 0 Å². The van der Waals surface area contributed by atoms with Crippen molar-refractivity contribution in [1.29, 1.82) is 0 Å². The van der Waals surface area contributed by atoms with Gasteiger partial charge in [0, 0.05) is 29.3 Å². The molecule has 0 spiro atoms. The van der Waals surface area contributed by atoms with E-state index in [1.54, 1.807) is 0 Å². The maximum atomic E-state index is 5.55. The minimum absolute atomic E-state index is 0.432. The Kier molecular flexibility index (Phi) is 5.87.